The second-order valence-corrected chi connectivity index (χ2v) is 3.68. The summed E-state index contributed by atoms with van der Waals surface area (Å²) in [5.41, 5.74) is 2.05. The zero-order valence-electron chi connectivity index (χ0n) is 8.14. The van der Waals surface area contributed by atoms with Gasteiger partial charge in [-0.2, -0.15) is 0 Å². The minimum atomic E-state index is 0.384. The van der Waals surface area contributed by atoms with Crippen molar-refractivity contribution in [3.63, 3.8) is 0 Å². The predicted octanol–water partition coefficient (Wildman–Crippen LogP) is 2.55. The minimum absolute atomic E-state index is 0.384. The van der Waals surface area contributed by atoms with E-state index in [1.54, 1.807) is 18.5 Å². The van der Waals surface area contributed by atoms with Gasteiger partial charge in [0.15, 0.2) is 5.06 Å². The Hall–Kier alpha value is -1.42. The van der Waals surface area contributed by atoms with Crippen molar-refractivity contribution in [3.8, 4) is 5.06 Å². The number of rotatable bonds is 0. The van der Waals surface area contributed by atoms with Crippen LogP contribution in [0.5, 0.6) is 5.06 Å². The van der Waals surface area contributed by atoms with E-state index in [4.69, 9.17) is 5.11 Å². The fourth-order valence-electron chi connectivity index (χ4n) is 0.858. The van der Waals surface area contributed by atoms with Crippen LogP contribution >= 0.6 is 11.3 Å². The average molecular weight is 208 g/mol. The van der Waals surface area contributed by atoms with E-state index in [0.29, 0.717) is 5.06 Å². The third kappa shape index (κ3) is 4.00. The zero-order valence-corrected chi connectivity index (χ0v) is 8.95. The predicted molar refractivity (Wildman–Crippen MR) is 57.5 cm³/mol. The number of thiophene rings is 1. The molecule has 0 aromatic carbocycles. The molecule has 0 spiro atoms. The van der Waals surface area contributed by atoms with E-state index in [-0.39, 0.29) is 0 Å². The van der Waals surface area contributed by atoms with Crippen LogP contribution in [0.3, 0.4) is 0 Å². The first-order chi connectivity index (χ1) is 6.68. The van der Waals surface area contributed by atoms with Crippen LogP contribution in [0, 0.1) is 13.8 Å². The van der Waals surface area contributed by atoms with Gasteiger partial charge in [-0.3, -0.25) is 0 Å². The summed E-state index contributed by atoms with van der Waals surface area (Å²) in [6.45, 7) is 3.91. The lowest BCUT2D eigenvalue weighted by Gasteiger charge is -1.89. The number of aryl methyl sites for hydroxylation is 2. The molecular weight excluding hydrogens is 196 g/mol. The summed E-state index contributed by atoms with van der Waals surface area (Å²) >= 11 is 1.33. The molecular formula is C10H12N2OS. The second-order valence-electron chi connectivity index (χ2n) is 2.75. The Morgan fingerprint density at radius 3 is 2.07 bits per heavy atom. The molecule has 0 radical (unpaired) electrons. The van der Waals surface area contributed by atoms with Crippen molar-refractivity contribution in [2.24, 2.45) is 0 Å². The van der Waals surface area contributed by atoms with Crippen molar-refractivity contribution in [2.45, 2.75) is 13.8 Å². The van der Waals surface area contributed by atoms with Crippen molar-refractivity contribution in [1.29, 1.82) is 0 Å². The van der Waals surface area contributed by atoms with Crippen LogP contribution in [0.1, 0.15) is 11.4 Å². The molecule has 14 heavy (non-hydrogen) atoms. The highest BCUT2D eigenvalue weighted by atomic mass is 32.1. The molecule has 0 amide bonds. The highest BCUT2D eigenvalue weighted by Gasteiger charge is 1.83. The lowest BCUT2D eigenvalue weighted by molar-refractivity contribution is 0.491. The van der Waals surface area contributed by atoms with E-state index in [9.17, 15) is 0 Å². The first-order valence-corrected chi connectivity index (χ1v) is 5.04. The molecule has 2 rings (SSSR count). The lowest BCUT2D eigenvalue weighted by atomic mass is 10.4. The maximum atomic E-state index is 8.49. The van der Waals surface area contributed by atoms with Gasteiger partial charge >= 0.3 is 0 Å². The molecule has 0 atom stereocenters. The Bertz CT molecular complexity index is 356. The van der Waals surface area contributed by atoms with E-state index in [0.717, 1.165) is 11.4 Å². The number of aromatic nitrogens is 2. The van der Waals surface area contributed by atoms with Crippen LogP contribution in [0.2, 0.25) is 0 Å². The molecule has 4 heteroatoms. The molecule has 0 fully saturated rings. The fourth-order valence-corrected chi connectivity index (χ4v) is 1.31. The Balaban J connectivity index is 0.000000146. The summed E-state index contributed by atoms with van der Waals surface area (Å²) in [7, 11) is 0. The van der Waals surface area contributed by atoms with Crippen LogP contribution in [0.25, 0.3) is 0 Å². The van der Waals surface area contributed by atoms with E-state index < -0.39 is 0 Å². The third-order valence-corrected chi connectivity index (χ3v) is 2.12. The smallest absolute Gasteiger partial charge is 0.171 e. The first-order valence-electron chi connectivity index (χ1n) is 4.16. The molecule has 0 saturated carbocycles. The maximum absolute atomic E-state index is 8.49. The molecule has 3 nitrogen and oxygen atoms in total. The van der Waals surface area contributed by atoms with Crippen molar-refractivity contribution in [2.75, 3.05) is 0 Å². The van der Waals surface area contributed by atoms with E-state index in [1.165, 1.54) is 11.3 Å². The molecule has 2 aromatic heterocycles. The SMILES string of the molecule is Cc1cc(C)ncn1.Oc1cccs1. The summed E-state index contributed by atoms with van der Waals surface area (Å²) in [6.07, 6.45) is 1.57. The Labute approximate surface area is 87.1 Å². The summed E-state index contributed by atoms with van der Waals surface area (Å²) in [5, 5.41) is 10.7. The van der Waals surface area contributed by atoms with Gasteiger partial charge in [0.25, 0.3) is 0 Å². The van der Waals surface area contributed by atoms with Gasteiger partial charge in [0.2, 0.25) is 0 Å². The lowest BCUT2D eigenvalue weighted by Crippen LogP contribution is -1.84. The van der Waals surface area contributed by atoms with Crippen LogP contribution in [-0.2, 0) is 0 Å². The zero-order chi connectivity index (χ0) is 10.4. The van der Waals surface area contributed by atoms with Gasteiger partial charge < -0.3 is 5.11 Å². The molecule has 0 saturated heterocycles. The molecule has 0 unspecified atom stereocenters. The summed E-state index contributed by atoms with van der Waals surface area (Å²) in [5.74, 6) is 0. The van der Waals surface area contributed by atoms with Gasteiger partial charge in [-0.15, -0.1) is 11.3 Å². The number of nitrogens with zero attached hydrogens (tertiary/aromatic N) is 2. The van der Waals surface area contributed by atoms with Gasteiger partial charge in [0, 0.05) is 11.4 Å². The second kappa shape index (κ2) is 5.34. The van der Waals surface area contributed by atoms with Gasteiger partial charge in [-0.25, -0.2) is 9.97 Å². The van der Waals surface area contributed by atoms with Gasteiger partial charge in [0.1, 0.15) is 6.33 Å². The third-order valence-electron chi connectivity index (χ3n) is 1.45. The molecule has 0 bridgehead atoms. The van der Waals surface area contributed by atoms with Crippen LogP contribution in [0.15, 0.2) is 29.9 Å². The molecule has 0 aliphatic rings. The van der Waals surface area contributed by atoms with Crippen molar-refractivity contribution in [3.05, 3.63) is 41.3 Å². The Morgan fingerprint density at radius 2 is 1.86 bits per heavy atom. The van der Waals surface area contributed by atoms with Crippen LogP contribution < -0.4 is 0 Å². The molecule has 2 heterocycles. The first kappa shape index (κ1) is 10.7. The summed E-state index contributed by atoms with van der Waals surface area (Å²) in [4.78, 5) is 7.86. The molecule has 1 N–H and O–H groups in total. The van der Waals surface area contributed by atoms with E-state index >= 15 is 0 Å². The highest BCUT2D eigenvalue weighted by Crippen LogP contribution is 2.14. The average Bonchev–Trinajstić information content (AvgIpc) is 2.56. The topological polar surface area (TPSA) is 46.0 Å². The summed E-state index contributed by atoms with van der Waals surface area (Å²) < 4.78 is 0. The molecule has 0 aliphatic carbocycles. The molecule has 0 aliphatic heterocycles. The number of hydrogen-bond acceptors (Lipinski definition) is 4. The van der Waals surface area contributed by atoms with E-state index in [2.05, 4.69) is 9.97 Å². The molecule has 2 aromatic rings. The quantitative estimate of drug-likeness (QED) is 0.723. The largest absolute Gasteiger partial charge is 0.499 e. The van der Waals surface area contributed by atoms with Crippen molar-refractivity contribution in [1.82, 2.24) is 9.97 Å². The van der Waals surface area contributed by atoms with E-state index in [1.807, 2.05) is 25.3 Å². The highest BCUT2D eigenvalue weighted by molar-refractivity contribution is 7.11. The van der Waals surface area contributed by atoms with Gasteiger partial charge in [0.05, 0.1) is 0 Å². The normalized spacial score (nSPS) is 9.00. The van der Waals surface area contributed by atoms with Crippen molar-refractivity contribution < 1.29 is 5.11 Å². The minimum Gasteiger partial charge on any atom is -0.499 e. The van der Waals surface area contributed by atoms with Gasteiger partial charge in [-0.05, 0) is 37.4 Å². The summed E-state index contributed by atoms with van der Waals surface area (Å²) in [6, 6.07) is 5.41. The van der Waals surface area contributed by atoms with Crippen LogP contribution in [-0.4, -0.2) is 15.1 Å². The Kier molecular flexibility index (Phi) is 4.07. The monoisotopic (exact) mass is 208 g/mol. The maximum Gasteiger partial charge on any atom is 0.171 e. The Morgan fingerprint density at radius 1 is 1.21 bits per heavy atom. The van der Waals surface area contributed by atoms with Crippen molar-refractivity contribution >= 4 is 11.3 Å². The number of hydrogen-bond donors (Lipinski definition) is 1. The van der Waals surface area contributed by atoms with Gasteiger partial charge in [-0.1, -0.05) is 0 Å². The number of aromatic hydroxyl groups is 1. The standard InChI is InChI=1S/C6H8N2.C4H4OS/c1-5-3-6(2)8-4-7-5;5-4-2-1-3-6-4/h3-4H,1-2H3;1-3,5H. The molecule has 74 valence electrons. The van der Waals surface area contributed by atoms with Crippen LogP contribution in [0.4, 0.5) is 0 Å². The fraction of sp³-hybridized carbons (Fsp3) is 0.200.